The minimum atomic E-state index is -2.38. The standard InChI is InChI=1S/C15H22F2N2/c16-15(17)14-6-3-5-13(11-14)12-18-7-4-10-19-8-1-2-9-19/h3,5-6,11,15,18H,1-2,4,7-10,12H2. The highest BCUT2D eigenvalue weighted by Crippen LogP contribution is 2.19. The lowest BCUT2D eigenvalue weighted by molar-refractivity contribution is 0.151. The van der Waals surface area contributed by atoms with Gasteiger partial charge in [-0.05, 0) is 57.1 Å². The number of hydrogen-bond acceptors (Lipinski definition) is 2. The maximum absolute atomic E-state index is 12.5. The van der Waals surface area contributed by atoms with Gasteiger partial charge < -0.3 is 10.2 Å². The molecular weight excluding hydrogens is 246 g/mol. The molecule has 19 heavy (non-hydrogen) atoms. The van der Waals surface area contributed by atoms with Crippen LogP contribution in [0.3, 0.4) is 0 Å². The molecule has 1 N–H and O–H groups in total. The molecule has 0 amide bonds. The molecule has 0 atom stereocenters. The van der Waals surface area contributed by atoms with Crippen molar-refractivity contribution in [3.63, 3.8) is 0 Å². The van der Waals surface area contributed by atoms with Crippen LogP contribution in [0.2, 0.25) is 0 Å². The number of hydrogen-bond donors (Lipinski definition) is 1. The van der Waals surface area contributed by atoms with Gasteiger partial charge in [-0.2, -0.15) is 0 Å². The normalized spacial score (nSPS) is 16.4. The van der Waals surface area contributed by atoms with Crippen molar-refractivity contribution in [2.45, 2.75) is 32.2 Å². The third-order valence-corrected chi connectivity index (χ3v) is 3.56. The third kappa shape index (κ3) is 4.88. The number of alkyl halides is 2. The zero-order chi connectivity index (χ0) is 13.5. The van der Waals surface area contributed by atoms with Crippen LogP contribution in [0, 0.1) is 0 Å². The van der Waals surface area contributed by atoms with E-state index in [2.05, 4.69) is 10.2 Å². The first-order valence-corrected chi connectivity index (χ1v) is 7.06. The average molecular weight is 268 g/mol. The van der Waals surface area contributed by atoms with Gasteiger partial charge in [-0.15, -0.1) is 0 Å². The highest BCUT2D eigenvalue weighted by atomic mass is 19.3. The highest BCUT2D eigenvalue weighted by molar-refractivity contribution is 5.24. The summed E-state index contributed by atoms with van der Waals surface area (Å²) in [5.74, 6) is 0. The van der Waals surface area contributed by atoms with Crippen molar-refractivity contribution < 1.29 is 8.78 Å². The maximum atomic E-state index is 12.5. The molecule has 1 fully saturated rings. The number of nitrogens with one attached hydrogen (secondary N) is 1. The minimum Gasteiger partial charge on any atom is -0.313 e. The Hall–Kier alpha value is -1.00. The van der Waals surface area contributed by atoms with Gasteiger partial charge >= 0.3 is 0 Å². The van der Waals surface area contributed by atoms with E-state index in [1.165, 1.54) is 32.0 Å². The third-order valence-electron chi connectivity index (χ3n) is 3.56. The van der Waals surface area contributed by atoms with Crippen LogP contribution in [0.5, 0.6) is 0 Å². The molecule has 0 radical (unpaired) electrons. The van der Waals surface area contributed by atoms with E-state index in [1.807, 2.05) is 6.07 Å². The number of rotatable bonds is 7. The van der Waals surface area contributed by atoms with E-state index in [-0.39, 0.29) is 5.56 Å². The van der Waals surface area contributed by atoms with E-state index < -0.39 is 6.43 Å². The molecule has 0 spiro atoms. The lowest BCUT2D eigenvalue weighted by Crippen LogP contribution is -2.24. The Morgan fingerprint density at radius 2 is 2.00 bits per heavy atom. The molecule has 106 valence electrons. The Labute approximate surface area is 113 Å². The van der Waals surface area contributed by atoms with E-state index in [9.17, 15) is 8.78 Å². The minimum absolute atomic E-state index is 0.108. The Morgan fingerprint density at radius 3 is 2.74 bits per heavy atom. The molecule has 1 saturated heterocycles. The monoisotopic (exact) mass is 268 g/mol. The van der Waals surface area contributed by atoms with Gasteiger partial charge in [0.15, 0.2) is 0 Å². The quantitative estimate of drug-likeness (QED) is 0.764. The van der Waals surface area contributed by atoms with Gasteiger partial charge in [-0.25, -0.2) is 8.78 Å². The summed E-state index contributed by atoms with van der Waals surface area (Å²) in [6.07, 6.45) is 1.39. The van der Waals surface area contributed by atoms with Crippen LogP contribution in [-0.4, -0.2) is 31.1 Å². The summed E-state index contributed by atoms with van der Waals surface area (Å²) in [4.78, 5) is 2.49. The second-order valence-corrected chi connectivity index (χ2v) is 5.12. The molecule has 2 rings (SSSR count). The second-order valence-electron chi connectivity index (χ2n) is 5.12. The van der Waals surface area contributed by atoms with E-state index in [4.69, 9.17) is 0 Å². The molecular formula is C15H22F2N2. The van der Waals surface area contributed by atoms with Crippen LogP contribution >= 0.6 is 0 Å². The van der Waals surface area contributed by atoms with Crippen molar-refractivity contribution in [3.05, 3.63) is 35.4 Å². The molecule has 1 aliphatic rings. The number of benzene rings is 1. The zero-order valence-corrected chi connectivity index (χ0v) is 11.2. The predicted molar refractivity (Wildman–Crippen MR) is 73.4 cm³/mol. The van der Waals surface area contributed by atoms with Crippen LogP contribution < -0.4 is 5.32 Å². The van der Waals surface area contributed by atoms with Crippen LogP contribution in [-0.2, 0) is 6.54 Å². The lowest BCUT2D eigenvalue weighted by Gasteiger charge is -2.14. The van der Waals surface area contributed by atoms with Gasteiger partial charge in [0.2, 0.25) is 0 Å². The smallest absolute Gasteiger partial charge is 0.263 e. The maximum Gasteiger partial charge on any atom is 0.263 e. The summed E-state index contributed by atoms with van der Waals surface area (Å²) in [5, 5.41) is 3.32. The summed E-state index contributed by atoms with van der Waals surface area (Å²) in [6.45, 7) is 5.22. The number of nitrogens with zero attached hydrogens (tertiary/aromatic N) is 1. The summed E-state index contributed by atoms with van der Waals surface area (Å²) in [7, 11) is 0. The summed E-state index contributed by atoms with van der Waals surface area (Å²) in [5.41, 5.74) is 1.04. The van der Waals surface area contributed by atoms with Gasteiger partial charge in [0.05, 0.1) is 0 Å². The van der Waals surface area contributed by atoms with Crippen LogP contribution in [0.25, 0.3) is 0 Å². The van der Waals surface area contributed by atoms with Crippen molar-refractivity contribution in [1.29, 1.82) is 0 Å². The topological polar surface area (TPSA) is 15.3 Å². The molecule has 1 heterocycles. The first-order chi connectivity index (χ1) is 9.25. The molecule has 0 unspecified atom stereocenters. The van der Waals surface area contributed by atoms with E-state index in [0.29, 0.717) is 6.54 Å². The van der Waals surface area contributed by atoms with Gasteiger partial charge in [-0.1, -0.05) is 18.2 Å². The van der Waals surface area contributed by atoms with Gasteiger partial charge in [0.1, 0.15) is 0 Å². The second kappa shape index (κ2) is 7.56. The Bertz CT molecular complexity index is 376. The molecule has 0 aliphatic carbocycles. The molecule has 0 aromatic heterocycles. The van der Waals surface area contributed by atoms with Crippen LogP contribution in [0.15, 0.2) is 24.3 Å². The first-order valence-electron chi connectivity index (χ1n) is 7.06. The van der Waals surface area contributed by atoms with Crippen LogP contribution in [0.1, 0.15) is 36.8 Å². The molecule has 0 saturated carbocycles. The van der Waals surface area contributed by atoms with Crippen LogP contribution in [0.4, 0.5) is 8.78 Å². The summed E-state index contributed by atoms with van der Waals surface area (Å²) in [6, 6.07) is 6.64. The highest BCUT2D eigenvalue weighted by Gasteiger charge is 2.10. The van der Waals surface area contributed by atoms with Crippen molar-refractivity contribution in [3.8, 4) is 0 Å². The van der Waals surface area contributed by atoms with Gasteiger partial charge in [0, 0.05) is 12.1 Å². The van der Waals surface area contributed by atoms with Crippen molar-refractivity contribution in [2.75, 3.05) is 26.2 Å². The fourth-order valence-electron chi connectivity index (χ4n) is 2.51. The predicted octanol–water partition coefficient (Wildman–Crippen LogP) is 3.20. The average Bonchev–Trinajstić information content (AvgIpc) is 2.92. The van der Waals surface area contributed by atoms with Gasteiger partial charge in [-0.3, -0.25) is 0 Å². The van der Waals surface area contributed by atoms with E-state index >= 15 is 0 Å². The lowest BCUT2D eigenvalue weighted by atomic mass is 10.1. The summed E-state index contributed by atoms with van der Waals surface area (Å²) >= 11 is 0. The molecule has 1 aromatic carbocycles. The molecule has 1 aromatic rings. The Kier molecular flexibility index (Phi) is 5.73. The number of likely N-dealkylation sites (tertiary alicyclic amines) is 1. The fourth-order valence-corrected chi connectivity index (χ4v) is 2.51. The van der Waals surface area contributed by atoms with Crippen molar-refractivity contribution >= 4 is 0 Å². The fraction of sp³-hybridized carbons (Fsp3) is 0.600. The van der Waals surface area contributed by atoms with E-state index in [0.717, 1.165) is 25.1 Å². The largest absolute Gasteiger partial charge is 0.313 e. The van der Waals surface area contributed by atoms with Crippen molar-refractivity contribution in [2.24, 2.45) is 0 Å². The Morgan fingerprint density at radius 1 is 1.21 bits per heavy atom. The SMILES string of the molecule is FC(F)c1cccc(CNCCCN2CCCC2)c1. The molecule has 4 heteroatoms. The summed E-state index contributed by atoms with van der Waals surface area (Å²) < 4.78 is 25.1. The number of halogens is 2. The zero-order valence-electron chi connectivity index (χ0n) is 11.2. The molecule has 0 bridgehead atoms. The van der Waals surface area contributed by atoms with E-state index in [1.54, 1.807) is 12.1 Å². The Balaban J connectivity index is 1.63. The first kappa shape index (κ1) is 14.4. The van der Waals surface area contributed by atoms with Gasteiger partial charge in [0.25, 0.3) is 6.43 Å². The van der Waals surface area contributed by atoms with Crippen molar-refractivity contribution in [1.82, 2.24) is 10.2 Å². The molecule has 1 aliphatic heterocycles. The molecule has 2 nitrogen and oxygen atoms in total.